The number of nitrogens with zero attached hydrogens (tertiary/aromatic N) is 4. The van der Waals surface area contributed by atoms with E-state index >= 15 is 0 Å². The lowest BCUT2D eigenvalue weighted by Gasteiger charge is -2.31. The largest absolute Gasteiger partial charge is 0.464 e. The highest BCUT2D eigenvalue weighted by atomic mass is 35.5. The maximum Gasteiger partial charge on any atom is 0.358 e. The number of ether oxygens (including phenoxy) is 2. The average Bonchev–Trinajstić information content (AvgIpc) is 2.69. The summed E-state index contributed by atoms with van der Waals surface area (Å²) in [6, 6.07) is 7.23. The van der Waals surface area contributed by atoms with Crippen molar-refractivity contribution < 1.29 is 14.3 Å². The van der Waals surface area contributed by atoms with Gasteiger partial charge in [0.15, 0.2) is 5.69 Å². The number of aromatic nitrogens is 2. The second-order valence-corrected chi connectivity index (χ2v) is 7.03. The lowest BCUT2D eigenvalue weighted by atomic mass is 10.2. The van der Waals surface area contributed by atoms with Crippen molar-refractivity contribution in [2.24, 2.45) is 0 Å². The average molecular weight is 406 g/mol. The van der Waals surface area contributed by atoms with E-state index in [-0.39, 0.29) is 10.8 Å². The number of methoxy groups -OCH3 is 1. The van der Waals surface area contributed by atoms with Crippen LogP contribution in [-0.2, 0) is 16.0 Å². The van der Waals surface area contributed by atoms with Crippen molar-refractivity contribution in [3.8, 4) is 0 Å². The van der Waals surface area contributed by atoms with Crippen LogP contribution >= 0.6 is 11.6 Å². The van der Waals surface area contributed by atoms with Crippen molar-refractivity contribution in [2.45, 2.75) is 6.54 Å². The van der Waals surface area contributed by atoms with Crippen molar-refractivity contribution in [2.75, 3.05) is 57.7 Å². The number of nitrogens with one attached hydrogen (secondary N) is 1. The van der Waals surface area contributed by atoms with Crippen LogP contribution in [0.5, 0.6) is 0 Å². The highest BCUT2D eigenvalue weighted by Crippen LogP contribution is 2.26. The molecule has 2 aromatic heterocycles. The van der Waals surface area contributed by atoms with E-state index in [0.717, 1.165) is 24.5 Å². The minimum atomic E-state index is -0.566. The van der Waals surface area contributed by atoms with Gasteiger partial charge in [0.05, 0.1) is 37.4 Å². The number of carbonyl (C=O) groups is 1. The molecule has 3 heterocycles. The summed E-state index contributed by atoms with van der Waals surface area (Å²) in [6.07, 6.45) is 0. The second-order valence-electron chi connectivity index (χ2n) is 6.65. The molecular weight excluding hydrogens is 382 g/mol. The Morgan fingerprint density at radius 2 is 2.00 bits per heavy atom. The molecule has 0 saturated carbocycles. The molecule has 1 N–H and O–H groups in total. The predicted octanol–water partition coefficient (Wildman–Crippen LogP) is 2.56. The molecule has 1 fully saturated rings. The number of anilines is 3. The van der Waals surface area contributed by atoms with Crippen LogP contribution in [0.1, 0.15) is 16.2 Å². The molecule has 1 aliphatic heterocycles. The van der Waals surface area contributed by atoms with Crippen LogP contribution in [-0.4, -0.2) is 68.3 Å². The van der Waals surface area contributed by atoms with E-state index in [0.29, 0.717) is 31.3 Å². The molecule has 0 bridgehead atoms. The summed E-state index contributed by atoms with van der Waals surface area (Å²) in [5, 5.41) is 3.38. The Hall–Kier alpha value is -2.42. The van der Waals surface area contributed by atoms with Crippen molar-refractivity contribution in [1.29, 1.82) is 0 Å². The third kappa shape index (κ3) is 4.89. The van der Waals surface area contributed by atoms with E-state index in [1.165, 1.54) is 7.11 Å². The van der Waals surface area contributed by atoms with Crippen LogP contribution in [0.3, 0.4) is 0 Å². The first kappa shape index (κ1) is 20.3. The Labute approximate surface area is 169 Å². The molecule has 2 aromatic rings. The summed E-state index contributed by atoms with van der Waals surface area (Å²) in [7, 11) is 5.31. The Morgan fingerprint density at radius 3 is 2.68 bits per heavy atom. The van der Waals surface area contributed by atoms with Crippen LogP contribution in [0.4, 0.5) is 17.2 Å². The Bertz CT molecular complexity index is 840. The first-order valence-corrected chi connectivity index (χ1v) is 9.35. The summed E-state index contributed by atoms with van der Waals surface area (Å²) in [4.78, 5) is 25.2. The van der Waals surface area contributed by atoms with Crippen LogP contribution in [0, 0.1) is 0 Å². The van der Waals surface area contributed by atoms with E-state index in [2.05, 4.69) is 20.1 Å². The topological polar surface area (TPSA) is 79.8 Å². The minimum Gasteiger partial charge on any atom is -0.464 e. The molecule has 28 heavy (non-hydrogen) atoms. The minimum absolute atomic E-state index is 0.114. The second kappa shape index (κ2) is 9.18. The molecule has 0 aliphatic carbocycles. The van der Waals surface area contributed by atoms with E-state index in [4.69, 9.17) is 26.1 Å². The van der Waals surface area contributed by atoms with Crippen LogP contribution in [0.25, 0.3) is 0 Å². The van der Waals surface area contributed by atoms with Crippen LogP contribution < -0.4 is 10.2 Å². The van der Waals surface area contributed by atoms with Gasteiger partial charge in [-0.15, -0.1) is 0 Å². The van der Waals surface area contributed by atoms with Crippen molar-refractivity contribution in [3.63, 3.8) is 0 Å². The summed E-state index contributed by atoms with van der Waals surface area (Å²) in [5.74, 6) is 0.0478. The van der Waals surface area contributed by atoms with E-state index < -0.39 is 5.97 Å². The normalized spacial score (nSPS) is 14.2. The van der Waals surface area contributed by atoms with E-state index in [1.54, 1.807) is 12.1 Å². The van der Waals surface area contributed by atoms with Gasteiger partial charge in [0, 0.05) is 19.6 Å². The summed E-state index contributed by atoms with van der Waals surface area (Å²) >= 11 is 5.93. The molecule has 0 aromatic carbocycles. The molecule has 0 amide bonds. The van der Waals surface area contributed by atoms with E-state index in [9.17, 15) is 4.79 Å². The van der Waals surface area contributed by atoms with Gasteiger partial charge in [0.1, 0.15) is 11.0 Å². The number of morpholine rings is 1. The van der Waals surface area contributed by atoms with Gasteiger partial charge in [-0.3, -0.25) is 0 Å². The van der Waals surface area contributed by atoms with Gasteiger partial charge in [-0.2, -0.15) is 0 Å². The van der Waals surface area contributed by atoms with Crippen LogP contribution in [0.15, 0.2) is 24.3 Å². The van der Waals surface area contributed by atoms with Crippen molar-refractivity contribution in [1.82, 2.24) is 14.9 Å². The number of esters is 1. The van der Waals surface area contributed by atoms with Gasteiger partial charge < -0.3 is 24.6 Å². The highest BCUT2D eigenvalue weighted by molar-refractivity contribution is 6.29. The molecule has 150 valence electrons. The molecular formula is C19H24ClN5O3. The first-order valence-electron chi connectivity index (χ1n) is 8.97. The molecule has 0 unspecified atom stereocenters. The number of rotatable bonds is 6. The zero-order valence-electron chi connectivity index (χ0n) is 16.2. The number of hydrogen-bond acceptors (Lipinski definition) is 8. The fourth-order valence-corrected chi connectivity index (χ4v) is 3.15. The first-order chi connectivity index (χ1) is 13.5. The molecule has 0 spiro atoms. The van der Waals surface area contributed by atoms with Crippen molar-refractivity contribution >= 4 is 34.8 Å². The predicted molar refractivity (Wildman–Crippen MR) is 109 cm³/mol. The molecule has 3 rings (SSSR count). The Morgan fingerprint density at radius 1 is 1.25 bits per heavy atom. The summed E-state index contributed by atoms with van der Waals surface area (Å²) < 4.78 is 10.3. The Kier molecular flexibility index (Phi) is 6.66. The van der Waals surface area contributed by atoms with Gasteiger partial charge >= 0.3 is 5.97 Å². The molecule has 0 radical (unpaired) electrons. The number of halogens is 1. The number of carbonyl (C=O) groups excluding carboxylic acids is 1. The lowest BCUT2D eigenvalue weighted by molar-refractivity contribution is 0.0595. The quantitative estimate of drug-likeness (QED) is 0.580. The Balaban J connectivity index is 1.92. The smallest absolute Gasteiger partial charge is 0.358 e. The fourth-order valence-electron chi connectivity index (χ4n) is 3.00. The molecule has 0 atom stereocenters. The van der Waals surface area contributed by atoms with Gasteiger partial charge in [-0.25, -0.2) is 14.8 Å². The highest BCUT2D eigenvalue weighted by Gasteiger charge is 2.19. The molecule has 1 saturated heterocycles. The molecule has 9 heteroatoms. The third-order valence-electron chi connectivity index (χ3n) is 4.27. The van der Waals surface area contributed by atoms with Crippen LogP contribution in [0.2, 0.25) is 5.15 Å². The number of hydrogen-bond donors (Lipinski definition) is 1. The standard InChI is InChI=1S/C19H24ClN5O3/c1-24(2)12-14-15(25-8-10-28-11-9-25)5-7-17(22-14)21-13-4-6-16(20)23-18(13)19(26)27-3/h4-7H,8-12H2,1-3H3,(H,21,22). The monoisotopic (exact) mass is 405 g/mol. The third-order valence-corrected chi connectivity index (χ3v) is 4.48. The van der Waals surface area contributed by atoms with Gasteiger partial charge in [0.2, 0.25) is 0 Å². The van der Waals surface area contributed by atoms with Gasteiger partial charge in [-0.05, 0) is 38.4 Å². The van der Waals surface area contributed by atoms with Crippen molar-refractivity contribution in [3.05, 3.63) is 40.8 Å². The lowest BCUT2D eigenvalue weighted by Crippen LogP contribution is -2.37. The zero-order valence-corrected chi connectivity index (χ0v) is 17.0. The van der Waals surface area contributed by atoms with Gasteiger partial charge in [-0.1, -0.05) is 11.6 Å². The van der Waals surface area contributed by atoms with E-state index in [1.807, 2.05) is 26.2 Å². The summed E-state index contributed by atoms with van der Waals surface area (Å²) in [6.45, 7) is 3.77. The zero-order chi connectivity index (χ0) is 20.1. The summed E-state index contributed by atoms with van der Waals surface area (Å²) in [5.41, 5.74) is 2.63. The molecule has 1 aliphatic rings. The molecule has 8 nitrogen and oxygen atoms in total. The number of pyridine rings is 2. The SMILES string of the molecule is COC(=O)c1nc(Cl)ccc1Nc1ccc(N2CCOCC2)c(CN(C)C)n1. The maximum atomic E-state index is 12.0. The maximum absolute atomic E-state index is 12.0. The fraction of sp³-hybridized carbons (Fsp3) is 0.421. The van der Waals surface area contributed by atoms with Gasteiger partial charge in [0.25, 0.3) is 0 Å².